The number of nitrogens with one attached hydrogen (secondary N) is 4. The summed E-state index contributed by atoms with van der Waals surface area (Å²) in [7, 11) is 1.41. The lowest BCUT2D eigenvalue weighted by atomic mass is 10.1. The molecule has 0 saturated heterocycles. The molecule has 0 aliphatic carbocycles. The number of nitrogens with zero attached hydrogens (tertiary/aromatic N) is 2. The van der Waals surface area contributed by atoms with Crippen LogP contribution in [-0.2, 0) is 6.18 Å². The lowest BCUT2D eigenvalue weighted by Crippen LogP contribution is -2.24. The summed E-state index contributed by atoms with van der Waals surface area (Å²) in [5.74, 6) is -2.03. The molecule has 0 bridgehead atoms. The molecule has 0 aliphatic heterocycles. The minimum Gasteiger partial charge on any atom is -0.354 e. The number of aliphatic imine (C=N–C) groups is 1. The van der Waals surface area contributed by atoms with E-state index in [9.17, 15) is 27.2 Å². The van der Waals surface area contributed by atoms with Crippen LogP contribution in [0.25, 0.3) is 0 Å². The average Bonchev–Trinajstić information content (AvgIpc) is 3.23. The first-order valence-corrected chi connectivity index (χ1v) is 9.51. The first kappa shape index (κ1) is 23.7. The number of amides is 2. The predicted octanol–water partition coefficient (Wildman–Crippen LogP) is 4.30. The predicted molar refractivity (Wildman–Crippen MR) is 114 cm³/mol. The molecule has 3 rings (SSSR count). The Labute approximate surface area is 189 Å². The number of rotatable bonds is 4. The zero-order valence-electron chi connectivity index (χ0n) is 16.7. The van der Waals surface area contributed by atoms with E-state index in [0.717, 1.165) is 36.4 Å². The van der Waals surface area contributed by atoms with E-state index in [1.165, 1.54) is 19.2 Å². The van der Waals surface area contributed by atoms with Gasteiger partial charge in [0.15, 0.2) is 5.69 Å². The molecule has 0 fully saturated rings. The lowest BCUT2D eigenvalue weighted by Gasteiger charge is -2.12. The topological polar surface area (TPSA) is 111 Å². The van der Waals surface area contributed by atoms with Gasteiger partial charge in [-0.2, -0.15) is 23.3 Å². The van der Waals surface area contributed by atoms with Gasteiger partial charge in [0.05, 0.1) is 16.3 Å². The molecule has 0 aliphatic rings. The van der Waals surface area contributed by atoms with Crippen LogP contribution < -0.4 is 16.0 Å². The molecule has 172 valence electrons. The molecule has 33 heavy (non-hydrogen) atoms. The van der Waals surface area contributed by atoms with E-state index in [-0.39, 0.29) is 33.7 Å². The Morgan fingerprint density at radius 3 is 2.36 bits per heavy atom. The largest absolute Gasteiger partial charge is 0.416 e. The fourth-order valence-corrected chi connectivity index (χ4v) is 2.75. The quantitative estimate of drug-likeness (QED) is 0.252. The highest BCUT2D eigenvalue weighted by molar-refractivity contribution is 6.34. The number of H-pyrrole nitrogens is 1. The van der Waals surface area contributed by atoms with Gasteiger partial charge in [-0.15, -0.1) is 0 Å². The van der Waals surface area contributed by atoms with Crippen LogP contribution >= 0.6 is 11.6 Å². The molecule has 4 N–H and O–H groups in total. The van der Waals surface area contributed by atoms with Gasteiger partial charge in [0.1, 0.15) is 11.6 Å². The van der Waals surface area contributed by atoms with Crippen LogP contribution in [0.2, 0.25) is 5.02 Å². The minimum absolute atomic E-state index is 0.0258. The molecule has 0 unspecified atom stereocenters. The van der Waals surface area contributed by atoms with Gasteiger partial charge >= 0.3 is 6.18 Å². The second-order valence-corrected chi connectivity index (χ2v) is 6.87. The summed E-state index contributed by atoms with van der Waals surface area (Å²) in [4.78, 5) is 28.1. The van der Waals surface area contributed by atoms with Crippen molar-refractivity contribution in [1.29, 1.82) is 0 Å². The van der Waals surface area contributed by atoms with Crippen molar-refractivity contribution in [3.63, 3.8) is 0 Å². The Morgan fingerprint density at radius 2 is 1.76 bits per heavy atom. The molecule has 2 aromatic carbocycles. The number of hydrogen-bond donors (Lipinski definition) is 4. The number of halogens is 5. The molecular formula is C20H15ClF4N6O2. The molecule has 13 heteroatoms. The third-order valence-corrected chi connectivity index (χ3v) is 4.46. The number of anilines is 2. The van der Waals surface area contributed by atoms with Crippen molar-refractivity contribution in [3.05, 3.63) is 76.2 Å². The third-order valence-electron chi connectivity index (χ3n) is 4.15. The number of benzene rings is 2. The average molecular weight is 483 g/mol. The Hall–Kier alpha value is -3.93. The Kier molecular flexibility index (Phi) is 6.97. The SMILES string of the molecule is CNC(=O)c1cc(N/C(=N\C(=O)c2ccc(C(F)(F)F)cc2)Nc2ccc(F)cc2Cl)[nH]n1. The monoisotopic (exact) mass is 482 g/mol. The molecule has 0 radical (unpaired) electrons. The van der Waals surface area contributed by atoms with Gasteiger partial charge in [-0.3, -0.25) is 14.7 Å². The molecule has 0 saturated carbocycles. The number of guanidine groups is 1. The van der Waals surface area contributed by atoms with Crippen molar-refractivity contribution in [1.82, 2.24) is 15.5 Å². The van der Waals surface area contributed by atoms with Crippen LogP contribution in [0.1, 0.15) is 26.4 Å². The van der Waals surface area contributed by atoms with Gasteiger partial charge in [-0.1, -0.05) is 11.6 Å². The first-order chi connectivity index (χ1) is 15.6. The maximum absolute atomic E-state index is 13.3. The van der Waals surface area contributed by atoms with E-state index in [1.54, 1.807) is 0 Å². The van der Waals surface area contributed by atoms with E-state index in [4.69, 9.17) is 11.6 Å². The summed E-state index contributed by atoms with van der Waals surface area (Å²) in [5.41, 5.74) is -0.828. The number of carbonyl (C=O) groups excluding carboxylic acids is 2. The zero-order chi connectivity index (χ0) is 24.2. The van der Waals surface area contributed by atoms with E-state index in [0.29, 0.717) is 0 Å². The minimum atomic E-state index is -4.55. The summed E-state index contributed by atoms with van der Waals surface area (Å²) in [6.07, 6.45) is -4.55. The molecule has 0 atom stereocenters. The first-order valence-electron chi connectivity index (χ1n) is 9.13. The van der Waals surface area contributed by atoms with Crippen molar-refractivity contribution < 1.29 is 27.2 Å². The van der Waals surface area contributed by atoms with Crippen molar-refractivity contribution in [2.45, 2.75) is 6.18 Å². The fourth-order valence-electron chi connectivity index (χ4n) is 2.53. The molecule has 0 spiro atoms. The van der Waals surface area contributed by atoms with Crippen molar-refractivity contribution in [2.24, 2.45) is 4.99 Å². The summed E-state index contributed by atoms with van der Waals surface area (Å²) < 4.78 is 51.6. The van der Waals surface area contributed by atoms with Gasteiger partial charge in [0.25, 0.3) is 11.8 Å². The standard InChI is InChI=1S/C20H15ClF4N6O2/c1-26-18(33)15-9-16(31-30-15)28-19(27-14-7-6-12(22)8-13(14)21)29-17(32)10-2-4-11(5-3-10)20(23,24)25/h2-9H,1H3,(H,26,33)(H3,27,28,29,30,31,32). The maximum Gasteiger partial charge on any atom is 0.416 e. The number of aromatic nitrogens is 2. The van der Waals surface area contributed by atoms with Crippen molar-refractivity contribution in [2.75, 3.05) is 17.7 Å². The Balaban J connectivity index is 1.91. The van der Waals surface area contributed by atoms with Crippen molar-refractivity contribution >= 4 is 40.9 Å². The second kappa shape index (κ2) is 9.69. The van der Waals surface area contributed by atoms with Gasteiger partial charge in [0, 0.05) is 18.7 Å². The fraction of sp³-hybridized carbons (Fsp3) is 0.100. The summed E-state index contributed by atoms with van der Waals surface area (Å²) in [6.45, 7) is 0. The second-order valence-electron chi connectivity index (χ2n) is 6.46. The zero-order valence-corrected chi connectivity index (χ0v) is 17.5. The van der Waals surface area contributed by atoms with E-state index < -0.39 is 29.4 Å². The number of hydrogen-bond acceptors (Lipinski definition) is 3. The highest BCUT2D eigenvalue weighted by Gasteiger charge is 2.30. The molecule has 1 aromatic heterocycles. The molecule has 8 nitrogen and oxygen atoms in total. The van der Waals surface area contributed by atoms with Crippen LogP contribution in [-0.4, -0.2) is 35.0 Å². The maximum atomic E-state index is 13.3. The van der Waals surface area contributed by atoms with Crippen LogP contribution in [0, 0.1) is 5.82 Å². The van der Waals surface area contributed by atoms with Crippen molar-refractivity contribution in [3.8, 4) is 0 Å². The highest BCUT2D eigenvalue weighted by atomic mass is 35.5. The van der Waals surface area contributed by atoms with E-state index >= 15 is 0 Å². The number of carbonyl (C=O) groups is 2. The Morgan fingerprint density at radius 1 is 1.06 bits per heavy atom. The van der Waals surface area contributed by atoms with E-state index in [1.807, 2.05) is 0 Å². The summed E-state index contributed by atoms with van der Waals surface area (Å²) >= 11 is 6.00. The highest BCUT2D eigenvalue weighted by Crippen LogP contribution is 2.29. The van der Waals surface area contributed by atoms with Crippen LogP contribution in [0.4, 0.5) is 29.1 Å². The number of aromatic amines is 1. The van der Waals surface area contributed by atoms with Crippen LogP contribution in [0.3, 0.4) is 0 Å². The molecular weight excluding hydrogens is 468 g/mol. The Bertz CT molecular complexity index is 1210. The van der Waals surface area contributed by atoms with Crippen LogP contribution in [0.5, 0.6) is 0 Å². The van der Waals surface area contributed by atoms with Gasteiger partial charge in [-0.25, -0.2) is 4.39 Å². The molecule has 3 aromatic rings. The third kappa shape index (κ3) is 6.07. The molecule has 2 amide bonds. The smallest absolute Gasteiger partial charge is 0.354 e. The summed E-state index contributed by atoms with van der Waals surface area (Å²) in [6, 6.07) is 8.23. The van der Waals surface area contributed by atoms with Gasteiger partial charge in [-0.05, 0) is 42.5 Å². The summed E-state index contributed by atoms with van der Waals surface area (Å²) in [5, 5.41) is 14.1. The lowest BCUT2D eigenvalue weighted by molar-refractivity contribution is -0.137. The number of alkyl halides is 3. The van der Waals surface area contributed by atoms with E-state index in [2.05, 4.69) is 31.1 Å². The van der Waals surface area contributed by atoms with Gasteiger partial charge in [0.2, 0.25) is 5.96 Å². The van der Waals surface area contributed by atoms with Crippen LogP contribution in [0.15, 0.2) is 53.5 Å². The van der Waals surface area contributed by atoms with Gasteiger partial charge < -0.3 is 16.0 Å². The molecule has 1 heterocycles. The normalized spacial score (nSPS) is 11.8.